The summed E-state index contributed by atoms with van der Waals surface area (Å²) in [7, 11) is 3.67. The molecule has 4 rings (SSSR count). The third-order valence-corrected chi connectivity index (χ3v) is 5.71. The maximum absolute atomic E-state index is 12.8. The average Bonchev–Trinajstić information content (AvgIpc) is 3.19. The molecule has 0 fully saturated rings. The van der Waals surface area contributed by atoms with Gasteiger partial charge in [-0.15, -0.1) is 0 Å². The fourth-order valence-corrected chi connectivity index (χ4v) is 4.08. The second kappa shape index (κ2) is 8.53. The molecule has 1 amide bonds. The maximum Gasteiger partial charge on any atom is 0.251 e. The van der Waals surface area contributed by atoms with Gasteiger partial charge in [-0.1, -0.05) is 30.3 Å². The summed E-state index contributed by atoms with van der Waals surface area (Å²) in [6.07, 6.45) is 3.09. The van der Waals surface area contributed by atoms with E-state index in [1.54, 1.807) is 13.2 Å². The van der Waals surface area contributed by atoms with Crippen molar-refractivity contribution in [1.29, 1.82) is 0 Å². The van der Waals surface area contributed by atoms with E-state index in [1.807, 2.05) is 18.2 Å². The van der Waals surface area contributed by atoms with Crippen molar-refractivity contribution in [3.63, 3.8) is 0 Å². The van der Waals surface area contributed by atoms with Crippen LogP contribution in [-0.4, -0.2) is 35.6 Å². The average molecular weight is 389 g/mol. The largest absolute Gasteiger partial charge is 0.497 e. The molecule has 2 aromatic carbocycles. The Morgan fingerprint density at radius 1 is 1.10 bits per heavy atom. The van der Waals surface area contributed by atoms with E-state index in [0.29, 0.717) is 17.9 Å². The Kier molecular flexibility index (Phi) is 5.67. The number of aryl methyl sites for hydroxylation is 1. The van der Waals surface area contributed by atoms with Gasteiger partial charge in [-0.05, 0) is 47.9 Å². The van der Waals surface area contributed by atoms with Crippen molar-refractivity contribution in [3.8, 4) is 5.75 Å². The number of fused-ring (bicyclic) bond motifs is 1. The monoisotopic (exact) mass is 389 g/mol. The normalized spacial score (nSPS) is 14.8. The van der Waals surface area contributed by atoms with Gasteiger partial charge in [0.15, 0.2) is 0 Å². The van der Waals surface area contributed by atoms with Gasteiger partial charge in [0.25, 0.3) is 5.91 Å². The molecule has 0 saturated carbocycles. The van der Waals surface area contributed by atoms with E-state index < -0.39 is 0 Å². The number of hydrogen-bond donors (Lipinski definition) is 1. The quantitative estimate of drug-likeness (QED) is 0.701. The lowest BCUT2D eigenvalue weighted by Crippen LogP contribution is -2.41. The van der Waals surface area contributed by atoms with Crippen molar-refractivity contribution in [2.24, 2.45) is 7.05 Å². The van der Waals surface area contributed by atoms with Crippen molar-refractivity contribution in [2.75, 3.05) is 20.2 Å². The fourth-order valence-electron chi connectivity index (χ4n) is 4.08. The minimum absolute atomic E-state index is 0.0829. The summed E-state index contributed by atoms with van der Waals surface area (Å²) in [5.41, 5.74) is 4.61. The summed E-state index contributed by atoms with van der Waals surface area (Å²) in [5.74, 6) is 0.602. The molecule has 0 radical (unpaired) electrons. The molecular weight excluding hydrogens is 362 g/mol. The number of hydrogen-bond acceptors (Lipinski definition) is 3. The smallest absolute Gasteiger partial charge is 0.251 e. The number of rotatable bonds is 6. The fraction of sp³-hybridized carbons (Fsp3) is 0.292. The maximum atomic E-state index is 12.8. The molecule has 1 unspecified atom stereocenters. The van der Waals surface area contributed by atoms with E-state index >= 15 is 0 Å². The molecule has 1 aromatic heterocycles. The molecule has 5 nitrogen and oxygen atoms in total. The van der Waals surface area contributed by atoms with E-state index in [-0.39, 0.29) is 11.9 Å². The van der Waals surface area contributed by atoms with Gasteiger partial charge in [-0.3, -0.25) is 9.69 Å². The topological polar surface area (TPSA) is 46.5 Å². The molecular formula is C24H27N3O2. The Hall–Kier alpha value is -3.05. The summed E-state index contributed by atoms with van der Waals surface area (Å²) >= 11 is 0. The Morgan fingerprint density at radius 3 is 2.69 bits per heavy atom. The number of methoxy groups -OCH3 is 1. The van der Waals surface area contributed by atoms with Crippen molar-refractivity contribution < 1.29 is 9.53 Å². The van der Waals surface area contributed by atoms with Gasteiger partial charge in [0.1, 0.15) is 5.75 Å². The van der Waals surface area contributed by atoms with Gasteiger partial charge in [0.2, 0.25) is 0 Å². The van der Waals surface area contributed by atoms with Crippen molar-refractivity contribution >= 4 is 5.91 Å². The predicted molar refractivity (Wildman–Crippen MR) is 114 cm³/mol. The Bertz CT molecular complexity index is 995. The molecule has 5 heteroatoms. The third kappa shape index (κ3) is 4.20. The molecule has 1 aliphatic rings. The van der Waals surface area contributed by atoms with E-state index in [4.69, 9.17) is 4.74 Å². The molecule has 0 aliphatic carbocycles. The second-order valence-electron chi connectivity index (χ2n) is 7.49. The number of nitrogens with one attached hydrogen (secondary N) is 1. The number of aromatic nitrogens is 1. The lowest BCUT2D eigenvalue weighted by molar-refractivity contribution is 0.0925. The standard InChI is InChI=1S/C24H27N3O2/c1-26-13-6-11-22(26)23(27-14-12-18-7-3-4-8-20(18)17-27)16-25-24(28)19-9-5-10-21(15-19)29-2/h3-11,13,15,23H,12,14,16-17H2,1-2H3,(H,25,28). The molecule has 150 valence electrons. The van der Waals surface area contributed by atoms with Crippen LogP contribution in [0.5, 0.6) is 5.75 Å². The van der Waals surface area contributed by atoms with Crippen LogP contribution in [0.25, 0.3) is 0 Å². The molecule has 29 heavy (non-hydrogen) atoms. The number of benzene rings is 2. The van der Waals surface area contributed by atoms with Crippen LogP contribution in [0.3, 0.4) is 0 Å². The van der Waals surface area contributed by atoms with Gasteiger partial charge >= 0.3 is 0 Å². The van der Waals surface area contributed by atoms with Crippen molar-refractivity contribution in [3.05, 3.63) is 89.2 Å². The van der Waals surface area contributed by atoms with Crippen LogP contribution in [0.2, 0.25) is 0 Å². The van der Waals surface area contributed by atoms with Crippen LogP contribution < -0.4 is 10.1 Å². The first-order chi connectivity index (χ1) is 14.2. The molecule has 1 N–H and O–H groups in total. The Morgan fingerprint density at radius 2 is 1.93 bits per heavy atom. The highest BCUT2D eigenvalue weighted by atomic mass is 16.5. The number of ether oxygens (including phenoxy) is 1. The highest BCUT2D eigenvalue weighted by Gasteiger charge is 2.26. The summed E-state index contributed by atoms with van der Waals surface area (Å²) < 4.78 is 7.38. The molecule has 0 spiro atoms. The number of carbonyl (C=O) groups is 1. The first-order valence-electron chi connectivity index (χ1n) is 10.00. The zero-order chi connectivity index (χ0) is 20.2. The molecule has 3 aromatic rings. The highest BCUT2D eigenvalue weighted by molar-refractivity contribution is 5.94. The van der Waals surface area contributed by atoms with Gasteiger partial charge in [-0.25, -0.2) is 0 Å². The highest BCUT2D eigenvalue weighted by Crippen LogP contribution is 2.28. The molecule has 1 aliphatic heterocycles. The summed E-state index contributed by atoms with van der Waals surface area (Å²) in [5, 5.41) is 3.14. The molecule has 0 bridgehead atoms. The summed E-state index contributed by atoms with van der Waals surface area (Å²) in [6.45, 7) is 2.42. The zero-order valence-corrected chi connectivity index (χ0v) is 17.0. The first-order valence-corrected chi connectivity index (χ1v) is 10.00. The van der Waals surface area contributed by atoms with Gasteiger partial charge in [-0.2, -0.15) is 0 Å². The third-order valence-electron chi connectivity index (χ3n) is 5.71. The number of amides is 1. The van der Waals surface area contributed by atoms with E-state index in [1.165, 1.54) is 16.8 Å². The molecule has 2 heterocycles. The predicted octanol–water partition coefficient (Wildman–Crippen LogP) is 3.56. The van der Waals surface area contributed by atoms with Crippen molar-refractivity contribution in [2.45, 2.75) is 19.0 Å². The summed E-state index contributed by atoms with van der Waals surface area (Å²) in [4.78, 5) is 15.2. The van der Waals surface area contributed by atoms with Crippen LogP contribution in [0, 0.1) is 0 Å². The first kappa shape index (κ1) is 19.3. The summed E-state index contributed by atoms with van der Waals surface area (Å²) in [6, 6.07) is 20.2. The minimum atomic E-state index is -0.0829. The SMILES string of the molecule is COc1cccc(C(=O)NCC(c2cccn2C)N2CCc3ccccc3C2)c1. The molecule has 0 saturated heterocycles. The Balaban J connectivity index is 1.53. The number of carbonyl (C=O) groups excluding carboxylic acids is 1. The second-order valence-corrected chi connectivity index (χ2v) is 7.49. The van der Waals surface area contributed by atoms with E-state index in [2.05, 4.69) is 64.4 Å². The molecule has 1 atom stereocenters. The Labute approximate surface area is 171 Å². The van der Waals surface area contributed by atoms with Gasteiger partial charge < -0.3 is 14.6 Å². The number of nitrogens with zero attached hydrogens (tertiary/aromatic N) is 2. The van der Waals surface area contributed by atoms with Gasteiger partial charge in [0, 0.05) is 44.1 Å². The van der Waals surface area contributed by atoms with Crippen LogP contribution in [0.1, 0.15) is 33.2 Å². The van der Waals surface area contributed by atoms with Crippen molar-refractivity contribution in [1.82, 2.24) is 14.8 Å². The lowest BCUT2D eigenvalue weighted by Gasteiger charge is -2.36. The van der Waals surface area contributed by atoms with E-state index in [0.717, 1.165) is 19.5 Å². The van der Waals surface area contributed by atoms with Crippen LogP contribution >= 0.6 is 0 Å². The zero-order valence-electron chi connectivity index (χ0n) is 17.0. The lowest BCUT2D eigenvalue weighted by atomic mass is 9.97. The van der Waals surface area contributed by atoms with E-state index in [9.17, 15) is 4.79 Å². The van der Waals surface area contributed by atoms with Crippen LogP contribution in [0.4, 0.5) is 0 Å². The minimum Gasteiger partial charge on any atom is -0.497 e. The van der Waals surface area contributed by atoms with Crippen LogP contribution in [-0.2, 0) is 20.0 Å². The van der Waals surface area contributed by atoms with Gasteiger partial charge in [0.05, 0.1) is 13.2 Å². The van der Waals surface area contributed by atoms with Crippen LogP contribution in [0.15, 0.2) is 66.9 Å².